The van der Waals surface area contributed by atoms with E-state index in [9.17, 15) is 0 Å². The molecule has 0 fully saturated rings. The average Bonchev–Trinajstić information content (AvgIpc) is 2.10. The molecular formula is C11H22O. The minimum atomic E-state index is 0.217. The van der Waals surface area contributed by atoms with Crippen molar-refractivity contribution in [3.05, 3.63) is 11.6 Å². The van der Waals surface area contributed by atoms with Crippen LogP contribution >= 0.6 is 0 Å². The molecule has 0 aromatic heterocycles. The van der Waals surface area contributed by atoms with Gasteiger partial charge in [0.05, 0.1) is 6.61 Å². The Hall–Kier alpha value is -0.300. The zero-order valence-electron chi connectivity index (χ0n) is 8.47. The lowest BCUT2D eigenvalue weighted by molar-refractivity contribution is 0.331. The first-order valence-electron chi connectivity index (χ1n) is 5.07. The summed E-state index contributed by atoms with van der Waals surface area (Å²) in [6.45, 7) is 4.43. The van der Waals surface area contributed by atoms with Crippen LogP contribution in [0.25, 0.3) is 0 Å². The summed E-state index contributed by atoms with van der Waals surface area (Å²) in [7, 11) is 0. The van der Waals surface area contributed by atoms with E-state index in [-0.39, 0.29) is 6.61 Å². The summed E-state index contributed by atoms with van der Waals surface area (Å²) in [5.74, 6) is 0. The normalized spacial score (nSPS) is 12.1. The number of aliphatic hydroxyl groups is 1. The maximum absolute atomic E-state index is 8.71. The van der Waals surface area contributed by atoms with Gasteiger partial charge in [-0.15, -0.1) is 0 Å². The van der Waals surface area contributed by atoms with Gasteiger partial charge in [0.2, 0.25) is 0 Å². The fourth-order valence-electron chi connectivity index (χ4n) is 1.16. The Morgan fingerprint density at radius 1 is 1.17 bits per heavy atom. The van der Waals surface area contributed by atoms with Gasteiger partial charge in [0.15, 0.2) is 0 Å². The summed E-state index contributed by atoms with van der Waals surface area (Å²) in [5.41, 5.74) is 1.10. The first kappa shape index (κ1) is 11.7. The first-order chi connectivity index (χ1) is 5.81. The number of hydrogen-bond acceptors (Lipinski definition) is 1. The van der Waals surface area contributed by atoms with Crippen LogP contribution in [0.1, 0.15) is 52.4 Å². The summed E-state index contributed by atoms with van der Waals surface area (Å²) in [6.07, 6.45) is 9.93. The highest BCUT2D eigenvalue weighted by molar-refractivity contribution is 4.97. The van der Waals surface area contributed by atoms with Crippen molar-refractivity contribution in [1.29, 1.82) is 0 Å². The van der Waals surface area contributed by atoms with Crippen LogP contribution in [-0.4, -0.2) is 11.7 Å². The summed E-state index contributed by atoms with van der Waals surface area (Å²) >= 11 is 0. The third kappa shape index (κ3) is 7.80. The Balaban J connectivity index is 3.10. The topological polar surface area (TPSA) is 20.2 Å². The molecule has 0 aliphatic heterocycles. The first-order valence-corrected chi connectivity index (χ1v) is 5.07. The average molecular weight is 170 g/mol. The van der Waals surface area contributed by atoms with Gasteiger partial charge in [0, 0.05) is 0 Å². The fourth-order valence-corrected chi connectivity index (χ4v) is 1.16. The van der Waals surface area contributed by atoms with Crippen LogP contribution in [0, 0.1) is 0 Å². The Morgan fingerprint density at radius 2 is 1.83 bits per heavy atom. The molecular weight excluding hydrogens is 148 g/mol. The number of allylic oxidation sites excluding steroid dienone is 1. The second-order valence-electron chi connectivity index (χ2n) is 3.41. The van der Waals surface area contributed by atoms with Gasteiger partial charge in [0.25, 0.3) is 0 Å². The molecule has 0 aliphatic carbocycles. The van der Waals surface area contributed by atoms with E-state index in [1.54, 1.807) is 0 Å². The quantitative estimate of drug-likeness (QED) is 0.459. The van der Waals surface area contributed by atoms with E-state index in [1.165, 1.54) is 32.1 Å². The van der Waals surface area contributed by atoms with Gasteiger partial charge in [0.1, 0.15) is 0 Å². The summed E-state index contributed by atoms with van der Waals surface area (Å²) < 4.78 is 0. The molecule has 1 N–H and O–H groups in total. The second-order valence-corrected chi connectivity index (χ2v) is 3.41. The van der Waals surface area contributed by atoms with Gasteiger partial charge in [-0.25, -0.2) is 0 Å². The molecule has 0 unspecified atom stereocenters. The van der Waals surface area contributed by atoms with Crippen LogP contribution in [0.5, 0.6) is 0 Å². The minimum Gasteiger partial charge on any atom is -0.392 e. The molecule has 0 saturated carbocycles. The van der Waals surface area contributed by atoms with Gasteiger partial charge in [-0.3, -0.25) is 0 Å². The van der Waals surface area contributed by atoms with Crippen molar-refractivity contribution in [3.8, 4) is 0 Å². The predicted octanol–water partition coefficient (Wildman–Crippen LogP) is 3.29. The lowest BCUT2D eigenvalue weighted by atomic mass is 10.1. The van der Waals surface area contributed by atoms with Crippen LogP contribution in [0.4, 0.5) is 0 Å². The molecule has 1 nitrogen and oxygen atoms in total. The minimum absolute atomic E-state index is 0.217. The van der Waals surface area contributed by atoms with Crippen LogP contribution in [0.15, 0.2) is 11.6 Å². The molecule has 0 radical (unpaired) electrons. The van der Waals surface area contributed by atoms with E-state index in [2.05, 4.69) is 13.0 Å². The largest absolute Gasteiger partial charge is 0.392 e. The summed E-state index contributed by atoms with van der Waals surface area (Å²) in [5, 5.41) is 8.71. The predicted molar refractivity (Wildman–Crippen MR) is 54.2 cm³/mol. The third-order valence-corrected chi connectivity index (χ3v) is 2.05. The van der Waals surface area contributed by atoms with Crippen LogP contribution in [0.2, 0.25) is 0 Å². The fraction of sp³-hybridized carbons (Fsp3) is 0.818. The number of unbranched alkanes of at least 4 members (excludes halogenated alkanes) is 5. The van der Waals surface area contributed by atoms with Gasteiger partial charge >= 0.3 is 0 Å². The highest BCUT2D eigenvalue weighted by Gasteiger charge is 1.88. The van der Waals surface area contributed by atoms with Crippen molar-refractivity contribution >= 4 is 0 Å². The molecule has 0 rings (SSSR count). The number of hydrogen-bond donors (Lipinski definition) is 1. The zero-order chi connectivity index (χ0) is 9.23. The maximum atomic E-state index is 8.71. The third-order valence-electron chi connectivity index (χ3n) is 2.05. The molecule has 0 bridgehead atoms. The van der Waals surface area contributed by atoms with Crippen LogP contribution in [-0.2, 0) is 0 Å². The number of aliphatic hydroxyl groups excluding tert-OH is 1. The van der Waals surface area contributed by atoms with Crippen molar-refractivity contribution in [2.45, 2.75) is 52.4 Å². The van der Waals surface area contributed by atoms with Crippen molar-refractivity contribution < 1.29 is 5.11 Å². The van der Waals surface area contributed by atoms with Crippen molar-refractivity contribution in [3.63, 3.8) is 0 Å². The lowest BCUT2D eigenvalue weighted by Gasteiger charge is -1.97. The van der Waals surface area contributed by atoms with Gasteiger partial charge in [-0.05, 0) is 19.8 Å². The highest BCUT2D eigenvalue weighted by atomic mass is 16.3. The summed E-state index contributed by atoms with van der Waals surface area (Å²) in [6, 6.07) is 0. The molecule has 0 aromatic rings. The number of rotatable bonds is 7. The summed E-state index contributed by atoms with van der Waals surface area (Å²) in [4.78, 5) is 0. The van der Waals surface area contributed by atoms with Gasteiger partial charge in [-0.2, -0.15) is 0 Å². The van der Waals surface area contributed by atoms with E-state index < -0.39 is 0 Å². The lowest BCUT2D eigenvalue weighted by Crippen LogP contribution is -1.83. The molecule has 0 amide bonds. The Kier molecular flexibility index (Phi) is 8.57. The maximum Gasteiger partial charge on any atom is 0.0639 e. The van der Waals surface area contributed by atoms with E-state index in [1.807, 2.05) is 6.92 Å². The monoisotopic (exact) mass is 170 g/mol. The molecule has 0 spiro atoms. The van der Waals surface area contributed by atoms with Crippen molar-refractivity contribution in [2.75, 3.05) is 6.61 Å². The van der Waals surface area contributed by atoms with E-state index in [0.717, 1.165) is 12.0 Å². The molecule has 0 heterocycles. The molecule has 1 heteroatoms. The van der Waals surface area contributed by atoms with Crippen LogP contribution < -0.4 is 0 Å². The highest BCUT2D eigenvalue weighted by Crippen LogP contribution is 2.06. The SMILES string of the molecule is CCCCCCC/C=C(/C)CO. The van der Waals surface area contributed by atoms with E-state index in [4.69, 9.17) is 5.11 Å². The molecule has 12 heavy (non-hydrogen) atoms. The molecule has 0 aliphatic rings. The zero-order valence-corrected chi connectivity index (χ0v) is 8.47. The van der Waals surface area contributed by atoms with Crippen molar-refractivity contribution in [2.24, 2.45) is 0 Å². The molecule has 0 aromatic carbocycles. The van der Waals surface area contributed by atoms with Gasteiger partial charge in [-0.1, -0.05) is 44.3 Å². The Labute approximate surface area is 76.5 Å². The van der Waals surface area contributed by atoms with Gasteiger partial charge < -0.3 is 5.11 Å². The second kappa shape index (κ2) is 8.79. The molecule has 72 valence electrons. The molecule has 0 atom stereocenters. The van der Waals surface area contributed by atoms with E-state index >= 15 is 0 Å². The standard InChI is InChI=1S/C11H22O/c1-3-4-5-6-7-8-9-11(2)10-12/h9,12H,3-8,10H2,1-2H3/b11-9-. The Bertz CT molecular complexity index is 116. The van der Waals surface area contributed by atoms with E-state index in [0.29, 0.717) is 0 Å². The molecule has 0 saturated heterocycles. The van der Waals surface area contributed by atoms with Crippen LogP contribution in [0.3, 0.4) is 0 Å². The Morgan fingerprint density at radius 3 is 2.42 bits per heavy atom. The van der Waals surface area contributed by atoms with Crippen molar-refractivity contribution in [1.82, 2.24) is 0 Å². The smallest absolute Gasteiger partial charge is 0.0639 e.